The molecule has 3 fully saturated rings. The summed E-state index contributed by atoms with van der Waals surface area (Å²) in [7, 11) is 0. The number of fused-ring (bicyclic) bond motifs is 5. The highest BCUT2D eigenvalue weighted by Gasteiger charge is 2.76. The third-order valence-electron chi connectivity index (χ3n) is 8.44. The second kappa shape index (κ2) is 10.7. The Bertz CT molecular complexity index is 619. The number of rotatable bonds is 14. The lowest BCUT2D eigenvalue weighted by atomic mass is 9.67. The van der Waals surface area contributed by atoms with E-state index >= 15 is 0 Å². The van der Waals surface area contributed by atoms with Gasteiger partial charge in [0, 0.05) is 11.8 Å². The van der Waals surface area contributed by atoms with Gasteiger partial charge in [0.25, 0.3) is 0 Å². The first kappa shape index (κ1) is 24.5. The number of hydrogen-bond acceptors (Lipinski definition) is 5. The average molecular weight is 437 g/mol. The summed E-state index contributed by atoms with van der Waals surface area (Å²) >= 11 is 0. The van der Waals surface area contributed by atoms with Gasteiger partial charge in [0.05, 0.1) is 36.8 Å². The van der Waals surface area contributed by atoms with E-state index in [4.69, 9.17) is 14.2 Å². The molecule has 2 saturated carbocycles. The largest absolute Gasteiger partial charge is 0.465 e. The number of epoxide rings is 1. The fourth-order valence-corrected chi connectivity index (χ4v) is 6.09. The van der Waals surface area contributed by atoms with Gasteiger partial charge < -0.3 is 14.2 Å². The van der Waals surface area contributed by atoms with E-state index < -0.39 is 11.3 Å². The van der Waals surface area contributed by atoms with Crippen LogP contribution >= 0.6 is 0 Å². The van der Waals surface area contributed by atoms with Gasteiger partial charge in [-0.25, -0.2) is 0 Å². The molecule has 0 amide bonds. The molecule has 1 aliphatic heterocycles. The molecule has 3 rings (SSSR count). The number of ether oxygens (including phenoxy) is 3. The van der Waals surface area contributed by atoms with Gasteiger partial charge in [-0.15, -0.1) is 0 Å². The minimum absolute atomic E-state index is 0.0744. The average Bonchev–Trinajstić information content (AvgIpc) is 3.41. The molecule has 0 aromatic rings. The topological polar surface area (TPSA) is 65.1 Å². The van der Waals surface area contributed by atoms with E-state index in [9.17, 15) is 9.59 Å². The molecule has 0 aromatic carbocycles. The summed E-state index contributed by atoms with van der Waals surface area (Å²) in [6.07, 6.45) is 9.93. The monoisotopic (exact) mass is 436 g/mol. The normalized spacial score (nSPS) is 34.8. The standard InChI is InChI=1S/C26H44O5/c1-6-10-12-17(8-3)15-29-24(27)21-19-14-20(23-22(19)31-23)26(21,5)25(28)30-16-18(9-4)13-11-7-2/h17-23H,6-16H2,1-5H3. The van der Waals surface area contributed by atoms with Gasteiger partial charge in [-0.05, 0) is 38.0 Å². The fraction of sp³-hybridized carbons (Fsp3) is 0.923. The van der Waals surface area contributed by atoms with Crippen molar-refractivity contribution in [2.45, 2.75) is 105 Å². The molecule has 5 nitrogen and oxygen atoms in total. The molecule has 0 radical (unpaired) electrons. The van der Waals surface area contributed by atoms with Crippen LogP contribution in [0.2, 0.25) is 0 Å². The van der Waals surface area contributed by atoms with Gasteiger partial charge >= 0.3 is 11.9 Å². The molecule has 0 spiro atoms. The Morgan fingerprint density at radius 3 is 2.06 bits per heavy atom. The van der Waals surface area contributed by atoms with Gasteiger partial charge in [0.15, 0.2) is 0 Å². The van der Waals surface area contributed by atoms with E-state index in [1.54, 1.807) is 0 Å². The number of carbonyl (C=O) groups is 2. The summed E-state index contributed by atoms with van der Waals surface area (Å²) in [6.45, 7) is 11.5. The second-order valence-electron chi connectivity index (χ2n) is 10.4. The van der Waals surface area contributed by atoms with Crippen LogP contribution in [0.5, 0.6) is 0 Å². The maximum atomic E-state index is 13.4. The number of carbonyl (C=O) groups excluding carboxylic acids is 2. The molecule has 3 aliphatic rings. The van der Waals surface area contributed by atoms with Crippen LogP contribution in [0.3, 0.4) is 0 Å². The van der Waals surface area contributed by atoms with Crippen LogP contribution < -0.4 is 0 Å². The minimum Gasteiger partial charge on any atom is -0.465 e. The summed E-state index contributed by atoms with van der Waals surface area (Å²) < 4.78 is 17.6. The van der Waals surface area contributed by atoms with Crippen molar-refractivity contribution in [3.63, 3.8) is 0 Å². The van der Waals surface area contributed by atoms with Crippen LogP contribution in [0.15, 0.2) is 0 Å². The van der Waals surface area contributed by atoms with Gasteiger partial charge in [-0.1, -0.05) is 66.2 Å². The minimum atomic E-state index is -0.826. The van der Waals surface area contributed by atoms with Gasteiger partial charge in [-0.2, -0.15) is 0 Å². The number of unbranched alkanes of at least 4 members (excludes halogenated alkanes) is 2. The fourth-order valence-electron chi connectivity index (χ4n) is 6.09. The van der Waals surface area contributed by atoms with Crippen LogP contribution in [0.1, 0.15) is 92.4 Å². The molecule has 5 heteroatoms. The van der Waals surface area contributed by atoms with Crippen molar-refractivity contribution in [3.05, 3.63) is 0 Å². The summed E-state index contributed by atoms with van der Waals surface area (Å²) in [6, 6.07) is 0. The highest BCUT2D eigenvalue weighted by molar-refractivity contribution is 5.87. The van der Waals surface area contributed by atoms with E-state index in [0.717, 1.165) is 57.8 Å². The van der Waals surface area contributed by atoms with Crippen molar-refractivity contribution >= 4 is 11.9 Å². The third kappa shape index (κ3) is 4.96. The van der Waals surface area contributed by atoms with Crippen molar-refractivity contribution in [1.82, 2.24) is 0 Å². The summed E-state index contributed by atoms with van der Waals surface area (Å²) in [4.78, 5) is 26.6. The lowest BCUT2D eigenvalue weighted by Gasteiger charge is -2.36. The predicted octanol–water partition coefficient (Wildman–Crippen LogP) is 5.55. The quantitative estimate of drug-likeness (QED) is 0.264. The summed E-state index contributed by atoms with van der Waals surface area (Å²) in [5.41, 5.74) is -0.826. The van der Waals surface area contributed by atoms with Gasteiger partial charge in [0.1, 0.15) is 0 Å². The molecule has 2 bridgehead atoms. The zero-order chi connectivity index (χ0) is 22.6. The van der Waals surface area contributed by atoms with E-state index in [2.05, 4.69) is 27.7 Å². The van der Waals surface area contributed by atoms with E-state index in [1.165, 1.54) is 0 Å². The highest BCUT2D eigenvalue weighted by atomic mass is 16.6. The zero-order valence-corrected chi connectivity index (χ0v) is 20.4. The molecule has 1 saturated heterocycles. The van der Waals surface area contributed by atoms with Crippen LogP contribution in [0, 0.1) is 35.0 Å². The lowest BCUT2D eigenvalue weighted by Crippen LogP contribution is -2.49. The van der Waals surface area contributed by atoms with Crippen LogP contribution in [0.4, 0.5) is 0 Å². The molecular weight excluding hydrogens is 392 g/mol. The van der Waals surface area contributed by atoms with Crippen LogP contribution in [-0.2, 0) is 23.8 Å². The maximum absolute atomic E-state index is 13.4. The Balaban J connectivity index is 1.64. The first-order valence-electron chi connectivity index (χ1n) is 12.9. The first-order valence-corrected chi connectivity index (χ1v) is 12.9. The first-order chi connectivity index (χ1) is 14.9. The summed E-state index contributed by atoms with van der Waals surface area (Å²) in [5, 5.41) is 0. The highest BCUT2D eigenvalue weighted by Crippen LogP contribution is 2.67. The maximum Gasteiger partial charge on any atom is 0.313 e. The molecule has 1 heterocycles. The number of esters is 2. The van der Waals surface area contributed by atoms with E-state index in [0.29, 0.717) is 25.0 Å². The SMILES string of the molecule is CCCCC(CC)COC(=O)C1C2CC(C3OC23)C1(C)C(=O)OCC(CC)CCCC. The molecule has 2 aliphatic carbocycles. The second-order valence-corrected chi connectivity index (χ2v) is 10.4. The van der Waals surface area contributed by atoms with Crippen LogP contribution in [-0.4, -0.2) is 37.4 Å². The lowest BCUT2D eigenvalue weighted by molar-refractivity contribution is -0.173. The smallest absolute Gasteiger partial charge is 0.313 e. The Morgan fingerprint density at radius 2 is 1.52 bits per heavy atom. The molecule has 8 unspecified atom stereocenters. The Morgan fingerprint density at radius 1 is 0.935 bits per heavy atom. The Labute approximate surface area is 189 Å². The Kier molecular flexibility index (Phi) is 8.45. The summed E-state index contributed by atoms with van der Waals surface area (Å²) in [5.74, 6) is 0.0915. The van der Waals surface area contributed by atoms with Crippen molar-refractivity contribution in [3.8, 4) is 0 Å². The van der Waals surface area contributed by atoms with Crippen molar-refractivity contribution < 1.29 is 23.8 Å². The molecule has 31 heavy (non-hydrogen) atoms. The van der Waals surface area contributed by atoms with Crippen molar-refractivity contribution in [2.75, 3.05) is 13.2 Å². The predicted molar refractivity (Wildman–Crippen MR) is 120 cm³/mol. The van der Waals surface area contributed by atoms with Gasteiger partial charge in [0.2, 0.25) is 0 Å². The van der Waals surface area contributed by atoms with Crippen molar-refractivity contribution in [2.24, 2.45) is 35.0 Å². The van der Waals surface area contributed by atoms with Crippen LogP contribution in [0.25, 0.3) is 0 Å². The molecular formula is C26H44O5. The zero-order valence-electron chi connectivity index (χ0n) is 20.4. The van der Waals surface area contributed by atoms with Crippen molar-refractivity contribution in [1.29, 1.82) is 0 Å². The Hall–Kier alpha value is -1.10. The third-order valence-corrected chi connectivity index (χ3v) is 8.44. The molecule has 178 valence electrons. The van der Waals surface area contributed by atoms with Gasteiger partial charge in [-0.3, -0.25) is 9.59 Å². The molecule has 0 N–H and O–H groups in total. The number of hydrogen-bond donors (Lipinski definition) is 0. The van der Waals surface area contributed by atoms with E-state index in [1.807, 2.05) is 6.92 Å². The van der Waals surface area contributed by atoms with E-state index in [-0.39, 0.29) is 36.0 Å². The molecule has 0 aromatic heterocycles. The molecule has 8 atom stereocenters.